The molecule has 0 radical (unpaired) electrons. The standard InChI is InChI=1S/C92H130FN19O20/c1-9-11-25-71-84(124)101-63(39-51(3)4)81(121)99-61(79(96)119)24-19-30-76(114)98-66(41-53-31-33-56(93)34-32-53)89(129)110-37-18-17-28-72(110)85(125)105-68(45-77(115)116)90(130)111-38-20-29-73(111)86(126)106-69(46-95)83(123)103-65(40-52(5)6)91(131)112-49-57(113)44-75(112)87(127)102-64(42-54-47-97-60-23-15-13-21-58(54)60)82(122)100-62(35-36-94)80(120)104-67(88(128)108(8)74(26-12-10-2)92(132)107(71)7)43-55-48-109(50-78(117)118)70-27-16-14-22-59(55)70/h13-16,21-23,27,31-34,47-48,51-52,57,61-69,71-75,97,113H,9-12,17-20,24-26,28-30,35-46,49-50,94-95H2,1-8H3,(H2,96,119)(H,98,114)(H,99,121)(H,100,122)(H,101,124)(H,102,127)(H,103,123)(H,104,120)(H,105,125)(H,106,126)(H,115,116)(H,117,118)/t57-,61+,62+,63+,64+,65+,66+,67+,68+,69+,71+,72+,73+,74+,75+/m1/s1. The van der Waals surface area contributed by atoms with Gasteiger partial charge in [-0.1, -0.05) is 116 Å². The van der Waals surface area contributed by atoms with E-state index in [0.29, 0.717) is 77.0 Å². The van der Waals surface area contributed by atoms with Crippen molar-refractivity contribution in [1.29, 1.82) is 0 Å². The second kappa shape index (κ2) is 48.6. The van der Waals surface area contributed by atoms with Gasteiger partial charge in [0.1, 0.15) is 96.9 Å². The van der Waals surface area contributed by atoms with Crippen LogP contribution in [0.2, 0.25) is 0 Å². The molecule has 9 rings (SSSR count). The highest BCUT2D eigenvalue weighted by Crippen LogP contribution is 2.30. The number of aliphatic hydroxyl groups is 1. The first-order valence-electron chi connectivity index (χ1n) is 45.7. The van der Waals surface area contributed by atoms with Crippen LogP contribution < -0.4 is 65.1 Å². The van der Waals surface area contributed by atoms with Gasteiger partial charge in [0, 0.05) is 107 Å². The first kappa shape index (κ1) is 103. The third kappa shape index (κ3) is 27.6. The van der Waals surface area contributed by atoms with Crippen molar-refractivity contribution in [2.45, 2.75) is 280 Å². The van der Waals surface area contributed by atoms with Crippen molar-refractivity contribution in [2.75, 3.05) is 46.8 Å². The number of benzene rings is 3. The number of likely N-dealkylation sites (N-methyl/N-ethyl adjacent to an activating group) is 2. The molecule has 15 amide bonds. The van der Waals surface area contributed by atoms with Gasteiger partial charge >= 0.3 is 11.9 Å². The number of nitrogens with zero attached hydrogens (tertiary/aromatic N) is 6. The average molecular weight is 1840 g/mol. The molecule has 720 valence electrons. The zero-order valence-corrected chi connectivity index (χ0v) is 76.3. The lowest BCUT2D eigenvalue weighted by Crippen LogP contribution is -2.62. The van der Waals surface area contributed by atoms with Gasteiger partial charge in [-0.05, 0) is 136 Å². The molecule has 40 heteroatoms. The van der Waals surface area contributed by atoms with Crippen LogP contribution in [0.15, 0.2) is 85.2 Å². The summed E-state index contributed by atoms with van der Waals surface area (Å²) < 4.78 is 15.9. The van der Waals surface area contributed by atoms with E-state index in [2.05, 4.69) is 52.8 Å². The van der Waals surface area contributed by atoms with E-state index in [4.69, 9.17) is 17.2 Å². The summed E-state index contributed by atoms with van der Waals surface area (Å²) in [5.74, 6) is -17.5. The zero-order valence-electron chi connectivity index (χ0n) is 76.3. The van der Waals surface area contributed by atoms with Crippen LogP contribution in [0.1, 0.15) is 180 Å². The summed E-state index contributed by atoms with van der Waals surface area (Å²) in [5, 5.41) is 57.2. The molecular weight excluding hydrogens is 1710 g/mol. The fraction of sp³-hybridized carbons (Fsp3) is 0.576. The van der Waals surface area contributed by atoms with Gasteiger partial charge in [0.15, 0.2) is 0 Å². The van der Waals surface area contributed by atoms with Gasteiger partial charge in [-0.25, -0.2) is 4.39 Å². The number of H-pyrrole nitrogens is 1. The number of carbonyl (C=O) groups excluding carboxylic acids is 15. The Morgan fingerprint density at radius 2 is 1.02 bits per heavy atom. The molecule has 4 aliphatic rings. The largest absolute Gasteiger partial charge is 0.481 e. The number of nitrogens with two attached hydrogens (primary N) is 3. The lowest BCUT2D eigenvalue weighted by atomic mass is 9.97. The van der Waals surface area contributed by atoms with Crippen LogP contribution in [0, 0.1) is 17.7 Å². The molecule has 2 aromatic heterocycles. The number of nitrogens with one attached hydrogen (secondary N) is 10. The first-order valence-corrected chi connectivity index (χ1v) is 45.7. The maximum atomic E-state index is 15.9. The molecular formula is C92H130FN19O20. The molecule has 0 unspecified atom stereocenters. The molecule has 0 spiro atoms. The van der Waals surface area contributed by atoms with E-state index in [-0.39, 0.29) is 121 Å². The number of fused-ring (bicyclic) bond motifs is 5. The topological polar surface area (TPSA) is 574 Å². The van der Waals surface area contributed by atoms with Crippen LogP contribution in [-0.2, 0) is 107 Å². The third-order valence-electron chi connectivity index (χ3n) is 24.8. The summed E-state index contributed by atoms with van der Waals surface area (Å²) >= 11 is 0. The van der Waals surface area contributed by atoms with Gasteiger partial charge in [-0.15, -0.1) is 0 Å². The number of aromatic nitrogens is 2. The van der Waals surface area contributed by atoms with Crippen molar-refractivity contribution in [3.8, 4) is 0 Å². The number of aliphatic carboxylic acids is 2. The number of piperidine rings is 1. The Hall–Kier alpha value is -12.5. The highest BCUT2D eigenvalue weighted by Gasteiger charge is 2.47. The fourth-order valence-corrected chi connectivity index (χ4v) is 17.8. The molecule has 132 heavy (non-hydrogen) atoms. The number of aromatic amines is 1. The number of halogens is 1. The van der Waals surface area contributed by atoms with Crippen molar-refractivity contribution in [3.05, 3.63) is 108 Å². The summed E-state index contributed by atoms with van der Waals surface area (Å²) in [6.45, 7) is 8.68. The number of unbranched alkanes of at least 4 members (excludes halogenated alkanes) is 2. The van der Waals surface area contributed by atoms with Crippen LogP contribution >= 0.6 is 0 Å². The maximum absolute atomic E-state index is 15.9. The predicted molar refractivity (Wildman–Crippen MR) is 482 cm³/mol. The second-order valence-corrected chi connectivity index (χ2v) is 35.7. The average Bonchev–Trinajstić information content (AvgIpc) is 1.63. The number of carbonyl (C=O) groups is 17. The summed E-state index contributed by atoms with van der Waals surface area (Å²) in [5.41, 5.74) is 20.7. The zero-order chi connectivity index (χ0) is 96.5. The van der Waals surface area contributed by atoms with Gasteiger partial charge in [0.05, 0.1) is 12.5 Å². The number of rotatable bonds is 24. The van der Waals surface area contributed by atoms with Gasteiger partial charge in [-0.2, -0.15) is 0 Å². The fourth-order valence-electron chi connectivity index (χ4n) is 17.8. The van der Waals surface area contributed by atoms with E-state index >= 15 is 38.4 Å². The number of carboxylic acids is 2. The monoisotopic (exact) mass is 1840 g/mol. The summed E-state index contributed by atoms with van der Waals surface area (Å²) in [6, 6.07) is -2.32. The minimum atomic E-state index is -1.86. The molecule has 0 saturated carbocycles. The Morgan fingerprint density at radius 1 is 0.492 bits per heavy atom. The normalized spacial score (nSPS) is 25.7. The number of para-hydroxylation sites is 2. The van der Waals surface area contributed by atoms with E-state index in [9.17, 15) is 62.9 Å². The molecule has 19 N–H and O–H groups in total. The Labute approximate surface area is 765 Å². The quantitative estimate of drug-likeness (QED) is 0.0403. The van der Waals surface area contributed by atoms with Crippen molar-refractivity contribution in [2.24, 2.45) is 29.0 Å². The van der Waals surface area contributed by atoms with Crippen LogP contribution in [-0.4, -0.2) is 287 Å². The molecule has 4 fully saturated rings. The molecule has 5 aromatic rings. The Balaban J connectivity index is 1.09. The van der Waals surface area contributed by atoms with E-state index in [0.717, 1.165) is 26.8 Å². The van der Waals surface area contributed by atoms with E-state index in [1.165, 1.54) is 46.8 Å². The molecule has 3 aromatic carbocycles. The van der Waals surface area contributed by atoms with Crippen molar-refractivity contribution < 1.29 is 101 Å². The van der Waals surface area contributed by atoms with Gasteiger partial charge < -0.3 is 114 Å². The maximum Gasteiger partial charge on any atom is 0.323 e. The third-order valence-corrected chi connectivity index (χ3v) is 24.8. The van der Waals surface area contributed by atoms with Gasteiger partial charge in [0.2, 0.25) is 88.6 Å². The summed E-state index contributed by atoms with van der Waals surface area (Å²) in [6.07, 6.45) is 0.863. The highest BCUT2D eigenvalue weighted by molar-refractivity contribution is 6.02. The lowest BCUT2D eigenvalue weighted by molar-refractivity contribution is -0.149. The molecule has 39 nitrogen and oxygen atoms in total. The lowest BCUT2D eigenvalue weighted by Gasteiger charge is -2.38. The van der Waals surface area contributed by atoms with E-state index in [1.54, 1.807) is 82.4 Å². The van der Waals surface area contributed by atoms with Crippen LogP contribution in [0.25, 0.3) is 21.8 Å². The molecule has 4 aliphatic heterocycles. The first-order chi connectivity index (χ1) is 62.8. The molecule has 0 bridgehead atoms. The van der Waals surface area contributed by atoms with Crippen LogP contribution in [0.3, 0.4) is 0 Å². The molecule has 0 aliphatic carbocycles. The van der Waals surface area contributed by atoms with E-state index < -0.39 is 230 Å². The minimum absolute atomic E-state index is 0.000704. The highest BCUT2D eigenvalue weighted by atomic mass is 19.1. The van der Waals surface area contributed by atoms with Gasteiger partial charge in [-0.3, -0.25) is 81.5 Å². The Morgan fingerprint density at radius 3 is 1.65 bits per heavy atom. The number of amides is 15. The SMILES string of the molecule is CCCC[C@H]1C(=O)N(C)[C@@H](CCCC)C(=O)N[C@@H](CC(C)C)C(=O)N[C@H](C(N)=O)CCCC(=O)N[C@@H](Cc2ccc(F)cc2)C(=O)N2CCCC[C@H]2C(=O)N[C@@H](CC(=O)O)C(=O)N2CCC[C@H]2C(=O)N[C@@H](CN)C(=O)N[C@@H](CC(C)C)C(=O)N2C[C@H](O)C[C@H]2C(=O)N[C@@H](Cc2c[nH]c3ccccc23)C(=O)N[C@@H](CCN)C(=O)N[C@@H](Cc2cn(CC(=O)O)c3ccccc23)C(=O)N1C. The molecule has 4 saturated heterocycles. The van der Waals surface area contributed by atoms with E-state index in [1.807, 2.05) is 13.8 Å². The summed E-state index contributed by atoms with van der Waals surface area (Å²) in [7, 11) is 2.73. The second-order valence-electron chi connectivity index (χ2n) is 35.7. The van der Waals surface area contributed by atoms with Crippen molar-refractivity contribution in [1.82, 2.24) is 81.9 Å². The van der Waals surface area contributed by atoms with Crippen molar-refractivity contribution in [3.63, 3.8) is 0 Å². The number of hydrogen-bond acceptors (Lipinski definition) is 20. The molecule has 6 heterocycles. The predicted octanol–water partition coefficient (Wildman–Crippen LogP) is 0.649. The summed E-state index contributed by atoms with van der Waals surface area (Å²) in [4.78, 5) is 258. The number of aliphatic hydroxyl groups excluding tert-OH is 1. The van der Waals surface area contributed by atoms with Gasteiger partial charge in [0.25, 0.3) is 0 Å². The number of hydrogen-bond donors (Lipinski definition) is 16. The Kier molecular flexibility index (Phi) is 38.0. The van der Waals surface area contributed by atoms with Crippen LogP contribution in [0.5, 0.6) is 0 Å². The van der Waals surface area contributed by atoms with Crippen molar-refractivity contribution >= 4 is 122 Å². The number of primary amides is 1. The molecule has 15 atom stereocenters. The minimum Gasteiger partial charge on any atom is -0.481 e. The smallest absolute Gasteiger partial charge is 0.323 e. The Bertz CT molecular complexity index is 4970. The number of carboxylic acid groups (broad SMARTS) is 2. The van der Waals surface area contributed by atoms with Crippen LogP contribution in [0.4, 0.5) is 4.39 Å².